The summed E-state index contributed by atoms with van der Waals surface area (Å²) in [4.78, 5) is 16.4. The van der Waals surface area contributed by atoms with Crippen molar-refractivity contribution >= 4 is 5.91 Å². The minimum absolute atomic E-state index is 0.0333. The van der Waals surface area contributed by atoms with Crippen LogP contribution in [0.25, 0.3) is 0 Å². The van der Waals surface area contributed by atoms with Gasteiger partial charge in [0.2, 0.25) is 11.8 Å². The molecule has 1 amide bonds. The number of benzene rings is 1. The molecule has 1 aromatic heterocycles. The normalized spacial score (nSPS) is 12.7. The molecule has 0 aliphatic rings. The molecule has 146 valence electrons. The van der Waals surface area contributed by atoms with Gasteiger partial charge in [0.15, 0.2) is 0 Å². The van der Waals surface area contributed by atoms with E-state index in [1.54, 1.807) is 19.2 Å². The van der Waals surface area contributed by atoms with Crippen molar-refractivity contribution < 1.29 is 22.7 Å². The van der Waals surface area contributed by atoms with Crippen LogP contribution in [0.1, 0.15) is 49.8 Å². The Morgan fingerprint density at radius 1 is 1.15 bits per heavy atom. The van der Waals surface area contributed by atoms with E-state index in [4.69, 9.17) is 4.74 Å². The largest absolute Gasteiger partial charge is 0.475 e. The van der Waals surface area contributed by atoms with Gasteiger partial charge in [-0.05, 0) is 43.5 Å². The van der Waals surface area contributed by atoms with E-state index < -0.39 is 11.7 Å². The molecule has 4 nitrogen and oxygen atoms in total. The van der Waals surface area contributed by atoms with Gasteiger partial charge >= 0.3 is 6.18 Å². The predicted molar refractivity (Wildman–Crippen MR) is 96.3 cm³/mol. The number of hydrogen-bond donors (Lipinski definition) is 1. The van der Waals surface area contributed by atoms with Crippen molar-refractivity contribution in [3.8, 4) is 5.88 Å². The molecule has 0 saturated carbocycles. The van der Waals surface area contributed by atoms with E-state index in [2.05, 4.69) is 10.3 Å². The second kappa shape index (κ2) is 8.88. The molecule has 0 saturated heterocycles. The maximum atomic E-state index is 12.6. The fraction of sp³-hybridized carbons (Fsp3) is 0.400. The van der Waals surface area contributed by atoms with Gasteiger partial charge in [0.05, 0.1) is 11.7 Å². The molecular formula is C20H23F3N2O2. The standard InChI is InChI=1S/C20H23F3N2O2/c1-13(2)27-19-16(5-4-10-24-19)12-25-18(26)11-14(3)15-6-8-17(9-7-15)20(21,22)23/h4-10,13-14H,11-12H2,1-3H3,(H,25,26). The Labute approximate surface area is 156 Å². The Morgan fingerprint density at radius 2 is 1.81 bits per heavy atom. The van der Waals surface area contributed by atoms with E-state index in [1.165, 1.54) is 12.1 Å². The van der Waals surface area contributed by atoms with Crippen LogP contribution in [0.5, 0.6) is 5.88 Å². The maximum absolute atomic E-state index is 12.6. The van der Waals surface area contributed by atoms with Gasteiger partial charge in [0.1, 0.15) is 0 Å². The molecule has 0 spiro atoms. The number of ether oxygens (including phenoxy) is 1. The Bertz CT molecular complexity index is 759. The number of nitrogens with one attached hydrogen (secondary N) is 1. The van der Waals surface area contributed by atoms with Crippen molar-refractivity contribution in [2.45, 2.75) is 51.9 Å². The first kappa shape index (κ1) is 20.7. The quantitative estimate of drug-likeness (QED) is 0.758. The lowest BCUT2D eigenvalue weighted by molar-refractivity contribution is -0.137. The van der Waals surface area contributed by atoms with Crippen molar-refractivity contribution in [1.29, 1.82) is 0 Å². The number of aromatic nitrogens is 1. The molecule has 0 aliphatic heterocycles. The van der Waals surface area contributed by atoms with Crippen LogP contribution < -0.4 is 10.1 Å². The Hall–Kier alpha value is -2.57. The molecule has 2 aromatic rings. The highest BCUT2D eigenvalue weighted by atomic mass is 19.4. The van der Waals surface area contributed by atoms with Crippen LogP contribution in [0.15, 0.2) is 42.6 Å². The molecule has 1 heterocycles. The number of pyridine rings is 1. The highest BCUT2D eigenvalue weighted by Gasteiger charge is 2.30. The molecule has 27 heavy (non-hydrogen) atoms. The topological polar surface area (TPSA) is 51.2 Å². The summed E-state index contributed by atoms with van der Waals surface area (Å²) in [5.74, 6) is 0.0814. The van der Waals surface area contributed by atoms with Crippen LogP contribution in [-0.2, 0) is 17.5 Å². The third kappa shape index (κ3) is 6.27. The zero-order chi connectivity index (χ0) is 20.0. The zero-order valence-electron chi connectivity index (χ0n) is 15.5. The highest BCUT2D eigenvalue weighted by Crippen LogP contribution is 2.30. The second-order valence-electron chi connectivity index (χ2n) is 6.64. The third-order valence-corrected chi connectivity index (χ3v) is 3.97. The predicted octanol–water partition coefficient (Wildman–Crippen LogP) is 4.70. The summed E-state index contributed by atoms with van der Waals surface area (Å²) in [6, 6.07) is 8.49. The van der Waals surface area contributed by atoms with Gasteiger partial charge in [-0.3, -0.25) is 4.79 Å². The number of carbonyl (C=O) groups is 1. The van der Waals surface area contributed by atoms with E-state index in [1.807, 2.05) is 19.9 Å². The van der Waals surface area contributed by atoms with Gasteiger partial charge in [-0.2, -0.15) is 13.2 Å². The van der Waals surface area contributed by atoms with Gasteiger partial charge in [0.25, 0.3) is 0 Å². The van der Waals surface area contributed by atoms with Gasteiger partial charge in [-0.15, -0.1) is 0 Å². The van der Waals surface area contributed by atoms with Crippen LogP contribution in [0.4, 0.5) is 13.2 Å². The lowest BCUT2D eigenvalue weighted by Crippen LogP contribution is -2.24. The van der Waals surface area contributed by atoms with E-state index in [-0.39, 0.29) is 30.9 Å². The van der Waals surface area contributed by atoms with Crippen LogP contribution in [-0.4, -0.2) is 17.0 Å². The summed E-state index contributed by atoms with van der Waals surface area (Å²) >= 11 is 0. The molecule has 1 atom stereocenters. The third-order valence-electron chi connectivity index (χ3n) is 3.97. The van der Waals surface area contributed by atoms with Crippen molar-refractivity contribution in [3.63, 3.8) is 0 Å². The SMILES string of the molecule is CC(C)Oc1ncccc1CNC(=O)CC(C)c1ccc(C(F)(F)F)cc1. The molecule has 0 aliphatic carbocycles. The fourth-order valence-corrected chi connectivity index (χ4v) is 2.55. The van der Waals surface area contributed by atoms with Crippen LogP contribution in [0.3, 0.4) is 0 Å². The molecular weight excluding hydrogens is 357 g/mol. The molecule has 1 N–H and O–H groups in total. The van der Waals surface area contributed by atoms with Gasteiger partial charge in [-0.1, -0.05) is 25.1 Å². The first-order valence-electron chi connectivity index (χ1n) is 8.71. The minimum atomic E-state index is -4.36. The summed E-state index contributed by atoms with van der Waals surface area (Å²) in [5, 5.41) is 2.81. The van der Waals surface area contributed by atoms with E-state index >= 15 is 0 Å². The van der Waals surface area contributed by atoms with E-state index in [0.717, 1.165) is 17.7 Å². The Kier molecular flexibility index (Phi) is 6.82. The zero-order valence-corrected chi connectivity index (χ0v) is 15.5. The van der Waals surface area contributed by atoms with Gasteiger partial charge in [0, 0.05) is 24.7 Å². The molecule has 1 aromatic carbocycles. The number of carbonyl (C=O) groups excluding carboxylic acids is 1. The number of rotatable bonds is 7. The molecule has 2 rings (SSSR count). The number of amides is 1. The Morgan fingerprint density at radius 3 is 2.41 bits per heavy atom. The summed E-state index contributed by atoms with van der Waals surface area (Å²) < 4.78 is 43.5. The average molecular weight is 380 g/mol. The molecule has 1 unspecified atom stereocenters. The van der Waals surface area contributed by atoms with Crippen LogP contribution in [0, 0.1) is 0 Å². The van der Waals surface area contributed by atoms with Crippen LogP contribution >= 0.6 is 0 Å². The monoisotopic (exact) mass is 380 g/mol. The molecule has 0 bridgehead atoms. The van der Waals surface area contributed by atoms with Crippen molar-refractivity contribution in [1.82, 2.24) is 10.3 Å². The maximum Gasteiger partial charge on any atom is 0.416 e. The van der Waals surface area contributed by atoms with E-state index in [9.17, 15) is 18.0 Å². The molecule has 0 fully saturated rings. The summed E-state index contributed by atoms with van der Waals surface area (Å²) in [5.41, 5.74) is 0.752. The van der Waals surface area contributed by atoms with Crippen LogP contribution in [0.2, 0.25) is 0 Å². The van der Waals surface area contributed by atoms with E-state index in [0.29, 0.717) is 11.4 Å². The lowest BCUT2D eigenvalue weighted by Gasteiger charge is -2.15. The number of halogens is 3. The number of hydrogen-bond acceptors (Lipinski definition) is 3. The highest BCUT2D eigenvalue weighted by molar-refractivity contribution is 5.76. The smallest absolute Gasteiger partial charge is 0.416 e. The number of alkyl halides is 3. The summed E-state index contributed by atoms with van der Waals surface area (Å²) in [6.45, 7) is 5.86. The average Bonchev–Trinajstić information content (AvgIpc) is 2.60. The van der Waals surface area contributed by atoms with Crippen molar-refractivity contribution in [3.05, 3.63) is 59.3 Å². The van der Waals surface area contributed by atoms with Crippen molar-refractivity contribution in [2.75, 3.05) is 0 Å². The Balaban J connectivity index is 1.92. The van der Waals surface area contributed by atoms with Gasteiger partial charge in [-0.25, -0.2) is 4.98 Å². The first-order valence-corrected chi connectivity index (χ1v) is 8.71. The minimum Gasteiger partial charge on any atom is -0.475 e. The lowest BCUT2D eigenvalue weighted by atomic mass is 9.96. The summed E-state index contributed by atoms with van der Waals surface area (Å²) in [7, 11) is 0. The molecule has 0 radical (unpaired) electrons. The van der Waals surface area contributed by atoms with Gasteiger partial charge < -0.3 is 10.1 Å². The molecule has 7 heteroatoms. The first-order chi connectivity index (χ1) is 12.7. The van der Waals surface area contributed by atoms with Crippen molar-refractivity contribution in [2.24, 2.45) is 0 Å². The summed E-state index contributed by atoms with van der Waals surface area (Å²) in [6.07, 6.45) is -2.60. The second-order valence-corrected chi connectivity index (χ2v) is 6.64. The number of nitrogens with zero attached hydrogens (tertiary/aromatic N) is 1. The fourth-order valence-electron chi connectivity index (χ4n) is 2.55.